The number of aromatic nitrogens is 1. The number of hydrogen-bond acceptors (Lipinski definition) is 2. The first-order valence-corrected chi connectivity index (χ1v) is 6.20. The van der Waals surface area contributed by atoms with Gasteiger partial charge >= 0.3 is 0 Å². The van der Waals surface area contributed by atoms with Crippen molar-refractivity contribution in [1.29, 1.82) is 5.26 Å². The molecule has 0 saturated carbocycles. The van der Waals surface area contributed by atoms with Crippen LogP contribution in [0.2, 0.25) is 0 Å². The topological polar surface area (TPSA) is 54.7 Å². The summed E-state index contributed by atoms with van der Waals surface area (Å²) in [5, 5.41) is 9.90. The fourth-order valence-electron chi connectivity index (χ4n) is 2.30. The zero-order chi connectivity index (χ0) is 14.1. The fraction of sp³-hybridized carbons (Fsp3) is 0.0625. The highest BCUT2D eigenvalue weighted by Crippen LogP contribution is 2.21. The van der Waals surface area contributed by atoms with Crippen molar-refractivity contribution in [3.8, 4) is 6.07 Å². The number of benzene rings is 2. The van der Waals surface area contributed by atoms with E-state index in [4.69, 9.17) is 11.0 Å². The lowest BCUT2D eigenvalue weighted by Crippen LogP contribution is -2.02. The van der Waals surface area contributed by atoms with E-state index in [1.54, 1.807) is 12.1 Å². The summed E-state index contributed by atoms with van der Waals surface area (Å²) in [6.45, 7) is 0.571. The number of nitriles is 1. The summed E-state index contributed by atoms with van der Waals surface area (Å²) < 4.78 is 15.1. The molecule has 2 aromatic carbocycles. The summed E-state index contributed by atoms with van der Waals surface area (Å²) in [6.07, 6.45) is 1.94. The van der Waals surface area contributed by atoms with Crippen LogP contribution in [-0.2, 0) is 6.54 Å². The number of nitrogens with two attached hydrogens (primary N) is 1. The smallest absolute Gasteiger partial charge is 0.125 e. The molecule has 3 aromatic rings. The second-order valence-corrected chi connectivity index (χ2v) is 4.67. The van der Waals surface area contributed by atoms with Crippen LogP contribution in [0.15, 0.2) is 48.7 Å². The number of anilines is 1. The number of halogens is 1. The Hall–Kier alpha value is -2.80. The molecule has 0 fully saturated rings. The minimum Gasteiger partial charge on any atom is -0.398 e. The lowest BCUT2D eigenvalue weighted by atomic mass is 10.1. The van der Waals surface area contributed by atoms with Gasteiger partial charge in [0.25, 0.3) is 0 Å². The predicted molar refractivity (Wildman–Crippen MR) is 76.6 cm³/mol. The molecule has 0 spiro atoms. The molecule has 0 atom stereocenters. The highest BCUT2D eigenvalue weighted by atomic mass is 19.1. The standard InChI is InChI=1S/C16H12FN3/c17-14-3-2-13(15(19)8-14)10-20-6-5-12-7-11(9-18)1-4-16(12)20/h1-8H,10,19H2. The van der Waals surface area contributed by atoms with E-state index in [0.717, 1.165) is 16.5 Å². The van der Waals surface area contributed by atoms with Gasteiger partial charge in [-0.2, -0.15) is 5.26 Å². The Morgan fingerprint density at radius 3 is 2.75 bits per heavy atom. The Kier molecular flexibility index (Phi) is 2.88. The monoisotopic (exact) mass is 265 g/mol. The minimum absolute atomic E-state index is 0.331. The third-order valence-corrected chi connectivity index (χ3v) is 3.35. The predicted octanol–water partition coefficient (Wildman–Crippen LogP) is 3.28. The largest absolute Gasteiger partial charge is 0.398 e. The van der Waals surface area contributed by atoms with Crippen molar-refractivity contribution in [1.82, 2.24) is 4.57 Å². The summed E-state index contributed by atoms with van der Waals surface area (Å²) in [6, 6.07) is 14.0. The molecule has 0 aliphatic carbocycles. The van der Waals surface area contributed by atoms with Crippen molar-refractivity contribution < 1.29 is 4.39 Å². The highest BCUT2D eigenvalue weighted by Gasteiger charge is 2.06. The first-order valence-electron chi connectivity index (χ1n) is 6.20. The molecule has 0 unspecified atom stereocenters. The Labute approximate surface area is 115 Å². The van der Waals surface area contributed by atoms with Gasteiger partial charge in [-0.25, -0.2) is 4.39 Å². The van der Waals surface area contributed by atoms with E-state index in [1.165, 1.54) is 12.1 Å². The summed E-state index contributed by atoms with van der Waals surface area (Å²) >= 11 is 0. The third kappa shape index (κ3) is 2.10. The van der Waals surface area contributed by atoms with Gasteiger partial charge in [0.2, 0.25) is 0 Å². The van der Waals surface area contributed by atoms with Crippen molar-refractivity contribution in [2.45, 2.75) is 6.54 Å². The van der Waals surface area contributed by atoms with Gasteiger partial charge in [-0.1, -0.05) is 6.07 Å². The van der Waals surface area contributed by atoms with E-state index in [1.807, 2.05) is 29.0 Å². The number of fused-ring (bicyclic) bond motifs is 1. The van der Waals surface area contributed by atoms with Crippen LogP contribution in [0.3, 0.4) is 0 Å². The molecule has 20 heavy (non-hydrogen) atoms. The summed E-state index contributed by atoms with van der Waals surface area (Å²) in [7, 11) is 0. The molecular formula is C16H12FN3. The number of nitrogens with zero attached hydrogens (tertiary/aromatic N) is 2. The van der Waals surface area contributed by atoms with Crippen molar-refractivity contribution >= 4 is 16.6 Å². The summed E-state index contributed by atoms with van der Waals surface area (Å²) in [4.78, 5) is 0. The maximum Gasteiger partial charge on any atom is 0.125 e. The maximum absolute atomic E-state index is 13.0. The molecule has 0 radical (unpaired) electrons. The van der Waals surface area contributed by atoms with Crippen LogP contribution in [0.25, 0.3) is 10.9 Å². The van der Waals surface area contributed by atoms with Gasteiger partial charge in [0.15, 0.2) is 0 Å². The molecule has 1 aromatic heterocycles. The van der Waals surface area contributed by atoms with Crippen LogP contribution < -0.4 is 5.73 Å². The van der Waals surface area contributed by atoms with Gasteiger partial charge in [0, 0.05) is 29.3 Å². The van der Waals surface area contributed by atoms with Gasteiger partial charge in [-0.15, -0.1) is 0 Å². The molecule has 2 N–H and O–H groups in total. The molecule has 98 valence electrons. The van der Waals surface area contributed by atoms with Crippen molar-refractivity contribution in [2.24, 2.45) is 0 Å². The van der Waals surface area contributed by atoms with Crippen LogP contribution >= 0.6 is 0 Å². The van der Waals surface area contributed by atoms with Crippen LogP contribution in [0.5, 0.6) is 0 Å². The Bertz CT molecular complexity index is 827. The molecule has 0 saturated heterocycles. The van der Waals surface area contributed by atoms with E-state index in [-0.39, 0.29) is 5.82 Å². The zero-order valence-corrected chi connectivity index (χ0v) is 10.7. The van der Waals surface area contributed by atoms with Crippen molar-refractivity contribution in [3.63, 3.8) is 0 Å². The zero-order valence-electron chi connectivity index (χ0n) is 10.7. The average molecular weight is 265 g/mol. The molecule has 0 aliphatic rings. The number of nitrogen functional groups attached to an aromatic ring is 1. The van der Waals surface area contributed by atoms with Gasteiger partial charge in [-0.05, 0) is 42.0 Å². The highest BCUT2D eigenvalue weighted by molar-refractivity contribution is 5.81. The molecule has 3 nitrogen and oxygen atoms in total. The first kappa shape index (κ1) is 12.2. The Morgan fingerprint density at radius 1 is 1.15 bits per heavy atom. The lowest BCUT2D eigenvalue weighted by molar-refractivity contribution is 0.627. The van der Waals surface area contributed by atoms with Gasteiger partial charge in [-0.3, -0.25) is 0 Å². The first-order chi connectivity index (χ1) is 9.67. The molecule has 0 amide bonds. The SMILES string of the molecule is N#Cc1ccc2c(ccn2Cc2ccc(F)cc2N)c1. The molecule has 3 rings (SSSR count). The summed E-state index contributed by atoms with van der Waals surface area (Å²) in [5.74, 6) is -0.331. The Balaban J connectivity index is 2.01. The van der Waals surface area contributed by atoms with E-state index in [9.17, 15) is 4.39 Å². The second kappa shape index (κ2) is 4.71. The number of rotatable bonds is 2. The molecule has 0 aliphatic heterocycles. The van der Waals surface area contributed by atoms with E-state index >= 15 is 0 Å². The summed E-state index contributed by atoms with van der Waals surface area (Å²) in [5.41, 5.74) is 8.80. The van der Waals surface area contributed by atoms with E-state index in [0.29, 0.717) is 17.8 Å². The number of hydrogen-bond donors (Lipinski definition) is 1. The van der Waals surface area contributed by atoms with Crippen LogP contribution in [0.4, 0.5) is 10.1 Å². The minimum atomic E-state index is -0.331. The van der Waals surface area contributed by atoms with E-state index in [2.05, 4.69) is 6.07 Å². The molecule has 0 bridgehead atoms. The van der Waals surface area contributed by atoms with Crippen LogP contribution in [-0.4, -0.2) is 4.57 Å². The second-order valence-electron chi connectivity index (χ2n) is 4.67. The van der Waals surface area contributed by atoms with Gasteiger partial charge < -0.3 is 10.3 Å². The Morgan fingerprint density at radius 2 is 2.00 bits per heavy atom. The normalized spacial score (nSPS) is 10.6. The molecule has 1 heterocycles. The van der Waals surface area contributed by atoms with Crippen molar-refractivity contribution in [3.05, 3.63) is 65.6 Å². The average Bonchev–Trinajstić information content (AvgIpc) is 2.84. The van der Waals surface area contributed by atoms with Gasteiger partial charge in [0.05, 0.1) is 11.6 Å². The van der Waals surface area contributed by atoms with Crippen LogP contribution in [0, 0.1) is 17.1 Å². The molecular weight excluding hydrogens is 253 g/mol. The third-order valence-electron chi connectivity index (χ3n) is 3.35. The van der Waals surface area contributed by atoms with Gasteiger partial charge in [0.1, 0.15) is 5.82 Å². The van der Waals surface area contributed by atoms with Crippen molar-refractivity contribution in [2.75, 3.05) is 5.73 Å². The fourth-order valence-corrected chi connectivity index (χ4v) is 2.30. The quantitative estimate of drug-likeness (QED) is 0.723. The maximum atomic E-state index is 13.0. The van der Waals surface area contributed by atoms with E-state index < -0.39 is 0 Å². The lowest BCUT2D eigenvalue weighted by Gasteiger charge is -2.08. The molecule has 4 heteroatoms. The van der Waals surface area contributed by atoms with Crippen LogP contribution in [0.1, 0.15) is 11.1 Å².